The second-order valence-electron chi connectivity index (χ2n) is 5.03. The van der Waals surface area contributed by atoms with Crippen molar-refractivity contribution in [2.24, 2.45) is 5.73 Å². The molecule has 0 aliphatic rings. The number of esters is 1. The number of primary amides is 1. The van der Waals surface area contributed by atoms with Crippen molar-refractivity contribution >= 4 is 12.0 Å². The van der Waals surface area contributed by atoms with Crippen molar-refractivity contribution in [1.82, 2.24) is 9.88 Å². The molecule has 0 saturated heterocycles. The fourth-order valence-corrected chi connectivity index (χ4v) is 2.30. The molecular weight excluding hydrogens is 258 g/mol. The van der Waals surface area contributed by atoms with Crippen LogP contribution in [0.1, 0.15) is 48.1 Å². The summed E-state index contributed by atoms with van der Waals surface area (Å²) in [7, 11) is 0. The predicted octanol–water partition coefficient (Wildman–Crippen LogP) is 1.90. The van der Waals surface area contributed by atoms with Gasteiger partial charge in [-0.05, 0) is 40.2 Å². The van der Waals surface area contributed by atoms with Crippen molar-refractivity contribution in [3.63, 3.8) is 0 Å². The molecule has 0 spiro atoms. The number of nitrogens with one attached hydrogen (secondary N) is 1. The van der Waals surface area contributed by atoms with E-state index in [9.17, 15) is 9.59 Å². The molecule has 0 fully saturated rings. The van der Waals surface area contributed by atoms with Gasteiger partial charge in [-0.15, -0.1) is 0 Å². The first-order valence-corrected chi connectivity index (χ1v) is 6.73. The van der Waals surface area contributed by atoms with Gasteiger partial charge in [0.2, 0.25) is 0 Å². The van der Waals surface area contributed by atoms with E-state index in [4.69, 9.17) is 10.5 Å². The fraction of sp³-hybridized carbons (Fsp3) is 0.571. The van der Waals surface area contributed by atoms with Crippen molar-refractivity contribution in [3.05, 3.63) is 23.0 Å². The van der Waals surface area contributed by atoms with E-state index in [0.717, 1.165) is 11.4 Å². The Morgan fingerprint density at radius 2 is 2.05 bits per heavy atom. The summed E-state index contributed by atoms with van der Waals surface area (Å²) in [5.41, 5.74) is 7.49. The number of carbonyl (C=O) groups excluding carboxylic acids is 2. The van der Waals surface area contributed by atoms with Gasteiger partial charge in [-0.25, -0.2) is 9.59 Å². The number of ether oxygens (including phenoxy) is 1. The molecule has 0 saturated carbocycles. The zero-order chi connectivity index (χ0) is 15.3. The molecule has 20 heavy (non-hydrogen) atoms. The van der Waals surface area contributed by atoms with Crippen molar-refractivity contribution in [3.8, 4) is 0 Å². The summed E-state index contributed by atoms with van der Waals surface area (Å²) < 4.78 is 7.30. The first-order valence-electron chi connectivity index (χ1n) is 6.73. The maximum absolute atomic E-state index is 12.0. The Kier molecular flexibility index (Phi) is 5.61. The number of carbonyl (C=O) groups is 2. The standard InChI is InChI=1S/C14H23N3O3/c1-9(2)17-10(3)8-12(11(17)4)13(18)20-7-5-6-16-14(15)19/h8-9H,5-7H2,1-4H3,(H3,15,16,19). The molecule has 1 heterocycles. The second kappa shape index (κ2) is 6.98. The third-order valence-electron chi connectivity index (χ3n) is 3.07. The first kappa shape index (κ1) is 16.1. The Morgan fingerprint density at radius 1 is 1.40 bits per heavy atom. The topological polar surface area (TPSA) is 86.3 Å². The quantitative estimate of drug-likeness (QED) is 0.616. The first-order chi connectivity index (χ1) is 9.34. The summed E-state index contributed by atoms with van der Waals surface area (Å²) in [4.78, 5) is 22.5. The summed E-state index contributed by atoms with van der Waals surface area (Å²) in [5, 5.41) is 2.44. The lowest BCUT2D eigenvalue weighted by atomic mass is 10.2. The molecule has 0 bridgehead atoms. The summed E-state index contributed by atoms with van der Waals surface area (Å²) in [6.07, 6.45) is 0.539. The Morgan fingerprint density at radius 3 is 2.55 bits per heavy atom. The number of aryl methyl sites for hydroxylation is 1. The number of nitrogens with two attached hydrogens (primary N) is 1. The molecule has 0 aliphatic heterocycles. The minimum atomic E-state index is -0.572. The molecule has 6 heteroatoms. The third-order valence-corrected chi connectivity index (χ3v) is 3.07. The van der Waals surface area contributed by atoms with Gasteiger partial charge in [-0.1, -0.05) is 0 Å². The van der Waals surface area contributed by atoms with E-state index in [1.165, 1.54) is 0 Å². The van der Waals surface area contributed by atoms with Crippen LogP contribution in [0.4, 0.5) is 4.79 Å². The molecular formula is C14H23N3O3. The highest BCUT2D eigenvalue weighted by Gasteiger charge is 2.17. The Labute approximate surface area is 119 Å². The minimum Gasteiger partial charge on any atom is -0.462 e. The van der Waals surface area contributed by atoms with Crippen LogP contribution in [0.5, 0.6) is 0 Å². The number of rotatable bonds is 6. The van der Waals surface area contributed by atoms with Crippen molar-refractivity contribution in [2.45, 2.75) is 40.2 Å². The Hall–Kier alpha value is -1.98. The molecule has 6 nitrogen and oxygen atoms in total. The molecule has 0 aromatic carbocycles. The highest BCUT2D eigenvalue weighted by molar-refractivity contribution is 5.91. The molecule has 0 unspecified atom stereocenters. The van der Waals surface area contributed by atoms with Crippen molar-refractivity contribution in [2.75, 3.05) is 13.2 Å². The van der Waals surface area contributed by atoms with Gasteiger partial charge in [0.25, 0.3) is 0 Å². The van der Waals surface area contributed by atoms with Crippen LogP contribution in [0.2, 0.25) is 0 Å². The van der Waals surface area contributed by atoms with E-state index in [2.05, 4.69) is 23.7 Å². The van der Waals surface area contributed by atoms with Crippen LogP contribution in [-0.4, -0.2) is 29.7 Å². The van der Waals surface area contributed by atoms with Crippen LogP contribution < -0.4 is 11.1 Å². The highest BCUT2D eigenvalue weighted by atomic mass is 16.5. The fourth-order valence-electron chi connectivity index (χ4n) is 2.30. The normalized spacial score (nSPS) is 10.7. The maximum Gasteiger partial charge on any atom is 0.339 e. The third kappa shape index (κ3) is 4.01. The average Bonchev–Trinajstić information content (AvgIpc) is 2.63. The summed E-state index contributed by atoms with van der Waals surface area (Å²) in [6.45, 7) is 8.69. The number of urea groups is 1. The Bertz CT molecular complexity index is 492. The van der Waals surface area contributed by atoms with Crippen LogP contribution in [0.25, 0.3) is 0 Å². The van der Waals surface area contributed by atoms with E-state index < -0.39 is 6.03 Å². The molecule has 1 aromatic rings. The van der Waals surface area contributed by atoms with Crippen molar-refractivity contribution in [1.29, 1.82) is 0 Å². The number of nitrogens with zero attached hydrogens (tertiary/aromatic N) is 1. The SMILES string of the molecule is Cc1cc(C(=O)OCCCNC(N)=O)c(C)n1C(C)C. The molecule has 2 amide bonds. The number of amides is 2. The largest absolute Gasteiger partial charge is 0.462 e. The van der Waals surface area contributed by atoms with Gasteiger partial charge in [0.05, 0.1) is 12.2 Å². The Balaban J connectivity index is 2.56. The maximum atomic E-state index is 12.0. The van der Waals surface area contributed by atoms with Crippen LogP contribution >= 0.6 is 0 Å². The number of aromatic nitrogens is 1. The molecule has 1 rings (SSSR count). The van der Waals surface area contributed by atoms with E-state index in [1.807, 2.05) is 19.9 Å². The number of hydrogen-bond donors (Lipinski definition) is 2. The van der Waals surface area contributed by atoms with Gasteiger partial charge in [0, 0.05) is 24.0 Å². The van der Waals surface area contributed by atoms with E-state index >= 15 is 0 Å². The minimum absolute atomic E-state index is 0.254. The molecule has 112 valence electrons. The van der Waals surface area contributed by atoms with Gasteiger partial charge in [0.15, 0.2) is 0 Å². The lowest BCUT2D eigenvalue weighted by Gasteiger charge is -2.13. The summed E-state index contributed by atoms with van der Waals surface area (Å²) >= 11 is 0. The summed E-state index contributed by atoms with van der Waals surface area (Å²) in [5.74, 6) is -0.330. The van der Waals surface area contributed by atoms with E-state index in [1.54, 1.807) is 0 Å². The highest BCUT2D eigenvalue weighted by Crippen LogP contribution is 2.20. The van der Waals surface area contributed by atoms with Crippen molar-refractivity contribution < 1.29 is 14.3 Å². The predicted molar refractivity (Wildman–Crippen MR) is 76.8 cm³/mol. The van der Waals surface area contributed by atoms with Gasteiger partial charge >= 0.3 is 12.0 Å². The lowest BCUT2D eigenvalue weighted by Crippen LogP contribution is -2.30. The van der Waals surface area contributed by atoms with E-state index in [-0.39, 0.29) is 12.6 Å². The smallest absolute Gasteiger partial charge is 0.339 e. The van der Waals surface area contributed by atoms with Crippen LogP contribution in [0.3, 0.4) is 0 Å². The van der Waals surface area contributed by atoms with Crippen LogP contribution in [0.15, 0.2) is 6.07 Å². The lowest BCUT2D eigenvalue weighted by molar-refractivity contribution is 0.0500. The molecule has 0 radical (unpaired) electrons. The van der Waals surface area contributed by atoms with Gasteiger partial charge in [-0.2, -0.15) is 0 Å². The zero-order valence-electron chi connectivity index (χ0n) is 12.5. The van der Waals surface area contributed by atoms with Crippen LogP contribution in [0, 0.1) is 13.8 Å². The monoisotopic (exact) mass is 281 g/mol. The molecule has 1 aromatic heterocycles. The van der Waals surface area contributed by atoms with Crippen LogP contribution in [-0.2, 0) is 4.74 Å². The molecule has 3 N–H and O–H groups in total. The van der Waals surface area contributed by atoms with Gasteiger partial charge in [-0.3, -0.25) is 0 Å². The van der Waals surface area contributed by atoms with Gasteiger partial charge < -0.3 is 20.4 Å². The van der Waals surface area contributed by atoms with Gasteiger partial charge in [0.1, 0.15) is 0 Å². The zero-order valence-corrected chi connectivity index (χ0v) is 12.5. The molecule has 0 atom stereocenters. The molecule has 0 aliphatic carbocycles. The average molecular weight is 281 g/mol. The summed E-state index contributed by atoms with van der Waals surface area (Å²) in [6, 6.07) is 1.58. The van der Waals surface area contributed by atoms with E-state index in [0.29, 0.717) is 24.6 Å². The second-order valence-corrected chi connectivity index (χ2v) is 5.03. The number of hydrogen-bond acceptors (Lipinski definition) is 3.